The Bertz CT molecular complexity index is 350. The van der Waals surface area contributed by atoms with E-state index in [9.17, 15) is 4.79 Å². The minimum absolute atomic E-state index is 0.420. The smallest absolute Gasteiger partial charge is 0.171 e. The molecular formula is C11H18N4O. The highest BCUT2D eigenvalue weighted by Gasteiger charge is 2.22. The van der Waals surface area contributed by atoms with Gasteiger partial charge in [-0.2, -0.15) is 0 Å². The largest absolute Gasteiger partial charge is 0.303 e. The van der Waals surface area contributed by atoms with Crippen LogP contribution in [0.4, 0.5) is 0 Å². The minimum Gasteiger partial charge on any atom is -0.303 e. The summed E-state index contributed by atoms with van der Waals surface area (Å²) in [4.78, 5) is 13.0. The first-order valence-corrected chi connectivity index (χ1v) is 5.89. The van der Waals surface area contributed by atoms with Gasteiger partial charge in [0.25, 0.3) is 0 Å². The van der Waals surface area contributed by atoms with Gasteiger partial charge in [-0.15, -0.1) is 5.10 Å². The van der Waals surface area contributed by atoms with Crippen LogP contribution in [0.3, 0.4) is 0 Å². The molecule has 1 atom stereocenters. The number of carbonyl (C=O) groups excluding carboxylic acids is 1. The van der Waals surface area contributed by atoms with Crippen molar-refractivity contribution in [3.05, 3.63) is 11.9 Å². The molecule has 1 saturated heterocycles. The Morgan fingerprint density at radius 2 is 2.50 bits per heavy atom. The zero-order valence-corrected chi connectivity index (χ0v) is 9.67. The molecule has 0 amide bonds. The molecule has 1 fully saturated rings. The van der Waals surface area contributed by atoms with Crippen molar-refractivity contribution in [3.8, 4) is 0 Å². The first-order valence-electron chi connectivity index (χ1n) is 5.89. The molecule has 2 heterocycles. The number of likely N-dealkylation sites (tertiary alicyclic amines) is 1. The Morgan fingerprint density at radius 3 is 3.19 bits per heavy atom. The van der Waals surface area contributed by atoms with Gasteiger partial charge in [0.1, 0.15) is 5.69 Å². The zero-order valence-electron chi connectivity index (χ0n) is 9.67. The molecule has 1 aromatic rings. The summed E-state index contributed by atoms with van der Waals surface area (Å²) in [5.41, 5.74) is 0.420. The van der Waals surface area contributed by atoms with Gasteiger partial charge >= 0.3 is 0 Å². The van der Waals surface area contributed by atoms with Gasteiger partial charge in [0, 0.05) is 13.1 Å². The Hall–Kier alpha value is -1.23. The van der Waals surface area contributed by atoms with Crippen molar-refractivity contribution in [1.82, 2.24) is 19.9 Å². The maximum absolute atomic E-state index is 10.5. The summed E-state index contributed by atoms with van der Waals surface area (Å²) in [6.07, 6.45) is 4.89. The van der Waals surface area contributed by atoms with E-state index < -0.39 is 0 Å². The van der Waals surface area contributed by atoms with Gasteiger partial charge in [-0.1, -0.05) is 12.1 Å². The predicted octanol–water partition coefficient (Wildman–Crippen LogP) is 0.823. The Balaban J connectivity index is 1.84. The third-order valence-electron chi connectivity index (χ3n) is 3.03. The summed E-state index contributed by atoms with van der Waals surface area (Å²) in [7, 11) is 0. The Kier molecular flexibility index (Phi) is 3.66. The standard InChI is InChI=1S/C11H18N4O/c1-2-4-14-5-3-10(6-14)7-15-8-11(9-16)12-13-15/h8-10H,2-7H2,1H3. The molecule has 16 heavy (non-hydrogen) atoms. The second-order valence-corrected chi connectivity index (χ2v) is 4.44. The minimum atomic E-state index is 0.420. The van der Waals surface area contributed by atoms with Crippen molar-refractivity contribution < 1.29 is 4.79 Å². The topological polar surface area (TPSA) is 51.0 Å². The van der Waals surface area contributed by atoms with E-state index in [0.29, 0.717) is 11.6 Å². The summed E-state index contributed by atoms with van der Waals surface area (Å²) in [5, 5.41) is 7.70. The van der Waals surface area contributed by atoms with E-state index in [1.807, 2.05) is 0 Å². The van der Waals surface area contributed by atoms with Crippen LogP contribution >= 0.6 is 0 Å². The molecule has 1 aliphatic heterocycles. The lowest BCUT2D eigenvalue weighted by atomic mass is 10.1. The molecule has 1 unspecified atom stereocenters. The van der Waals surface area contributed by atoms with E-state index >= 15 is 0 Å². The summed E-state index contributed by atoms with van der Waals surface area (Å²) in [5.74, 6) is 0.646. The average Bonchev–Trinajstić information content (AvgIpc) is 2.89. The SMILES string of the molecule is CCCN1CCC(Cn2cc(C=O)nn2)C1. The fourth-order valence-electron chi connectivity index (χ4n) is 2.30. The van der Waals surface area contributed by atoms with E-state index in [1.54, 1.807) is 10.9 Å². The molecule has 0 aromatic carbocycles. The van der Waals surface area contributed by atoms with E-state index in [0.717, 1.165) is 19.4 Å². The van der Waals surface area contributed by atoms with Crippen LogP contribution in [-0.4, -0.2) is 45.8 Å². The monoisotopic (exact) mass is 222 g/mol. The Labute approximate surface area is 95.4 Å². The highest BCUT2D eigenvalue weighted by molar-refractivity contribution is 5.70. The maximum atomic E-state index is 10.5. The third kappa shape index (κ3) is 2.66. The lowest BCUT2D eigenvalue weighted by molar-refractivity contribution is 0.111. The van der Waals surface area contributed by atoms with Crippen molar-refractivity contribution >= 4 is 6.29 Å². The molecule has 1 aromatic heterocycles. The third-order valence-corrected chi connectivity index (χ3v) is 3.03. The lowest BCUT2D eigenvalue weighted by Crippen LogP contribution is -2.22. The van der Waals surface area contributed by atoms with Gasteiger partial charge in [0.05, 0.1) is 6.20 Å². The predicted molar refractivity (Wildman–Crippen MR) is 60.2 cm³/mol. The summed E-state index contributed by atoms with van der Waals surface area (Å²) < 4.78 is 1.78. The van der Waals surface area contributed by atoms with Crippen LogP contribution in [0.15, 0.2) is 6.20 Å². The van der Waals surface area contributed by atoms with Crippen molar-refractivity contribution in [2.24, 2.45) is 5.92 Å². The van der Waals surface area contributed by atoms with E-state index in [1.165, 1.54) is 25.9 Å². The van der Waals surface area contributed by atoms with Gasteiger partial charge in [-0.05, 0) is 31.8 Å². The quantitative estimate of drug-likeness (QED) is 0.692. The normalized spacial score (nSPS) is 21.4. The van der Waals surface area contributed by atoms with E-state index in [4.69, 9.17) is 0 Å². The molecule has 5 heteroatoms. The van der Waals surface area contributed by atoms with Crippen molar-refractivity contribution in [3.63, 3.8) is 0 Å². The Morgan fingerprint density at radius 1 is 1.62 bits per heavy atom. The van der Waals surface area contributed by atoms with E-state index in [2.05, 4.69) is 22.1 Å². The molecule has 0 N–H and O–H groups in total. The van der Waals surface area contributed by atoms with Crippen LogP contribution in [0.2, 0.25) is 0 Å². The van der Waals surface area contributed by atoms with Gasteiger partial charge in [-0.3, -0.25) is 9.48 Å². The number of nitrogens with zero attached hydrogens (tertiary/aromatic N) is 4. The fourth-order valence-corrected chi connectivity index (χ4v) is 2.30. The molecule has 5 nitrogen and oxygen atoms in total. The molecule has 88 valence electrons. The molecule has 0 aliphatic carbocycles. The zero-order chi connectivity index (χ0) is 11.4. The van der Waals surface area contributed by atoms with Gasteiger partial charge < -0.3 is 4.90 Å². The number of rotatable bonds is 5. The van der Waals surface area contributed by atoms with Crippen LogP contribution < -0.4 is 0 Å². The first kappa shape index (κ1) is 11.3. The number of carbonyl (C=O) groups is 1. The highest BCUT2D eigenvalue weighted by atomic mass is 16.1. The summed E-state index contributed by atoms with van der Waals surface area (Å²) in [6, 6.07) is 0. The van der Waals surface area contributed by atoms with Crippen LogP contribution in [-0.2, 0) is 6.54 Å². The highest BCUT2D eigenvalue weighted by Crippen LogP contribution is 2.17. The number of aldehydes is 1. The van der Waals surface area contributed by atoms with Gasteiger partial charge in [-0.25, -0.2) is 0 Å². The molecule has 0 saturated carbocycles. The lowest BCUT2D eigenvalue weighted by Gasteiger charge is -2.14. The van der Waals surface area contributed by atoms with Crippen molar-refractivity contribution in [2.45, 2.75) is 26.3 Å². The second-order valence-electron chi connectivity index (χ2n) is 4.44. The molecule has 2 rings (SSSR count). The maximum Gasteiger partial charge on any atom is 0.171 e. The van der Waals surface area contributed by atoms with Crippen LogP contribution in [0.1, 0.15) is 30.3 Å². The van der Waals surface area contributed by atoms with Crippen LogP contribution in [0.5, 0.6) is 0 Å². The number of aromatic nitrogens is 3. The first-order chi connectivity index (χ1) is 7.81. The van der Waals surface area contributed by atoms with Crippen molar-refractivity contribution in [2.75, 3.05) is 19.6 Å². The van der Waals surface area contributed by atoms with Crippen LogP contribution in [0, 0.1) is 5.92 Å². The number of hydrogen-bond donors (Lipinski definition) is 0. The molecule has 0 spiro atoms. The number of hydrogen-bond acceptors (Lipinski definition) is 4. The average molecular weight is 222 g/mol. The fraction of sp³-hybridized carbons (Fsp3) is 0.727. The molecule has 0 radical (unpaired) electrons. The molecule has 1 aliphatic rings. The second kappa shape index (κ2) is 5.21. The molecular weight excluding hydrogens is 204 g/mol. The van der Waals surface area contributed by atoms with Gasteiger partial charge in [0.15, 0.2) is 6.29 Å². The molecule has 0 bridgehead atoms. The van der Waals surface area contributed by atoms with Crippen LogP contribution in [0.25, 0.3) is 0 Å². The summed E-state index contributed by atoms with van der Waals surface area (Å²) >= 11 is 0. The summed E-state index contributed by atoms with van der Waals surface area (Å²) in [6.45, 7) is 6.60. The van der Waals surface area contributed by atoms with E-state index in [-0.39, 0.29) is 0 Å². The van der Waals surface area contributed by atoms with Gasteiger partial charge in [0.2, 0.25) is 0 Å². The van der Waals surface area contributed by atoms with Crippen molar-refractivity contribution in [1.29, 1.82) is 0 Å².